The van der Waals surface area contributed by atoms with E-state index in [2.05, 4.69) is 24.9 Å². The van der Waals surface area contributed by atoms with Crippen molar-refractivity contribution in [2.75, 3.05) is 4.72 Å². The quantitative estimate of drug-likeness (QED) is 0.451. The van der Waals surface area contributed by atoms with E-state index in [1.165, 1.54) is 18.2 Å². The Labute approximate surface area is 180 Å². The summed E-state index contributed by atoms with van der Waals surface area (Å²) >= 11 is 5.76. The fourth-order valence-corrected chi connectivity index (χ4v) is 4.68. The van der Waals surface area contributed by atoms with Gasteiger partial charge in [0.05, 0.1) is 23.0 Å². The van der Waals surface area contributed by atoms with Crippen molar-refractivity contribution in [3.8, 4) is 11.4 Å². The molecule has 0 unspecified atom stereocenters. The molecule has 2 N–H and O–H groups in total. The highest BCUT2D eigenvalue weighted by atomic mass is 35.5. The number of sulfonamides is 1. The maximum Gasteiger partial charge on any atom is 0.264 e. The van der Waals surface area contributed by atoms with Gasteiger partial charge < -0.3 is 0 Å². The van der Waals surface area contributed by atoms with Gasteiger partial charge in [-0.25, -0.2) is 27.2 Å². The zero-order valence-electron chi connectivity index (χ0n) is 15.7. The van der Waals surface area contributed by atoms with Gasteiger partial charge in [-0.15, -0.1) is 0 Å². The number of nitrogens with one attached hydrogen (secondary N) is 2. The van der Waals surface area contributed by atoms with Crippen molar-refractivity contribution in [2.24, 2.45) is 0 Å². The monoisotopic (exact) mass is 461 g/mol. The van der Waals surface area contributed by atoms with Crippen molar-refractivity contribution >= 4 is 38.3 Å². The molecule has 158 valence electrons. The van der Waals surface area contributed by atoms with Crippen LogP contribution in [0.2, 0.25) is 5.02 Å². The highest BCUT2D eigenvalue weighted by Gasteiger charge is 2.29. The van der Waals surface area contributed by atoms with E-state index in [1.54, 1.807) is 6.20 Å². The standard InChI is InChI=1S/C20H14ClF2N5O2S/c21-12-4-5-14(22)17(8-12)31(29,30)28-16-6-3-11(7-15(16)23)19-25-18(10-1-2-10)13-9-24-27-20(13)26-19/h3-10,28H,1-2H2,(H,24,25,26,27). The van der Waals surface area contributed by atoms with Gasteiger partial charge in [-0.05, 0) is 49.2 Å². The van der Waals surface area contributed by atoms with Crippen molar-refractivity contribution in [3.05, 3.63) is 64.9 Å². The molecule has 11 heteroatoms. The first kappa shape index (κ1) is 19.8. The molecule has 2 heterocycles. The van der Waals surface area contributed by atoms with Crippen molar-refractivity contribution in [1.82, 2.24) is 20.2 Å². The average Bonchev–Trinajstić information content (AvgIpc) is 3.47. The van der Waals surface area contributed by atoms with Crippen LogP contribution >= 0.6 is 11.6 Å². The number of nitrogens with zero attached hydrogens (tertiary/aromatic N) is 3. The van der Waals surface area contributed by atoms with Crippen LogP contribution in [-0.4, -0.2) is 28.6 Å². The lowest BCUT2D eigenvalue weighted by atomic mass is 10.1. The van der Waals surface area contributed by atoms with Crippen molar-refractivity contribution < 1.29 is 17.2 Å². The first-order valence-electron chi connectivity index (χ1n) is 9.30. The van der Waals surface area contributed by atoms with Crippen molar-refractivity contribution in [3.63, 3.8) is 0 Å². The minimum absolute atomic E-state index is 0.0374. The molecule has 0 atom stereocenters. The van der Waals surface area contributed by atoms with Gasteiger partial charge in [0.15, 0.2) is 11.5 Å². The Morgan fingerprint density at radius 2 is 1.87 bits per heavy atom. The summed E-state index contributed by atoms with van der Waals surface area (Å²) in [6.07, 6.45) is 3.71. The molecule has 0 spiro atoms. The molecule has 7 nitrogen and oxygen atoms in total. The third kappa shape index (κ3) is 3.72. The third-order valence-corrected chi connectivity index (χ3v) is 6.57. The van der Waals surface area contributed by atoms with Crippen LogP contribution in [0.25, 0.3) is 22.4 Å². The highest BCUT2D eigenvalue weighted by molar-refractivity contribution is 7.92. The van der Waals surface area contributed by atoms with E-state index in [1.807, 2.05) is 0 Å². The summed E-state index contributed by atoms with van der Waals surface area (Å²) in [5, 5.41) is 7.68. The lowest BCUT2D eigenvalue weighted by Gasteiger charge is -2.11. The normalized spacial score (nSPS) is 14.2. The van der Waals surface area contributed by atoms with Gasteiger partial charge in [-0.3, -0.25) is 9.82 Å². The summed E-state index contributed by atoms with van der Waals surface area (Å²) in [4.78, 5) is 8.30. The summed E-state index contributed by atoms with van der Waals surface area (Å²) < 4.78 is 55.8. The van der Waals surface area contributed by atoms with Gasteiger partial charge >= 0.3 is 0 Å². The van der Waals surface area contributed by atoms with Crippen LogP contribution in [-0.2, 0) is 10.0 Å². The van der Waals surface area contributed by atoms with Crippen LogP contribution in [0.5, 0.6) is 0 Å². The predicted octanol–water partition coefficient (Wildman–Crippen LogP) is 4.63. The molecule has 1 saturated carbocycles. The fourth-order valence-electron chi connectivity index (χ4n) is 3.27. The number of benzene rings is 2. The minimum Gasteiger partial charge on any atom is -0.277 e. The second kappa shape index (κ2) is 7.24. The van der Waals surface area contributed by atoms with E-state index in [9.17, 15) is 17.2 Å². The van der Waals surface area contributed by atoms with E-state index in [-0.39, 0.29) is 10.7 Å². The maximum atomic E-state index is 14.8. The first-order valence-corrected chi connectivity index (χ1v) is 11.2. The van der Waals surface area contributed by atoms with Crippen LogP contribution in [0.1, 0.15) is 24.5 Å². The van der Waals surface area contributed by atoms with Gasteiger partial charge in [-0.2, -0.15) is 5.10 Å². The Morgan fingerprint density at radius 1 is 1.06 bits per heavy atom. The molecule has 1 aliphatic rings. The summed E-state index contributed by atoms with van der Waals surface area (Å²) in [5.74, 6) is -1.23. The van der Waals surface area contributed by atoms with Gasteiger partial charge in [0, 0.05) is 16.5 Å². The Balaban J connectivity index is 1.50. The number of H-pyrrole nitrogens is 1. The Bertz CT molecular complexity index is 1440. The molecule has 0 aliphatic heterocycles. The van der Waals surface area contributed by atoms with E-state index >= 15 is 0 Å². The minimum atomic E-state index is -4.39. The second-order valence-corrected chi connectivity index (χ2v) is 9.30. The largest absolute Gasteiger partial charge is 0.277 e. The zero-order chi connectivity index (χ0) is 21.8. The van der Waals surface area contributed by atoms with Gasteiger partial charge in [0.25, 0.3) is 10.0 Å². The molecule has 0 bridgehead atoms. The fraction of sp³-hybridized carbons (Fsp3) is 0.150. The molecule has 31 heavy (non-hydrogen) atoms. The van der Waals surface area contributed by atoms with Gasteiger partial charge in [-0.1, -0.05) is 11.6 Å². The van der Waals surface area contributed by atoms with Crippen LogP contribution in [0.4, 0.5) is 14.5 Å². The lowest BCUT2D eigenvalue weighted by molar-refractivity contribution is 0.569. The SMILES string of the molecule is O=S(=O)(Nc1ccc(-c2nc(C3CC3)c3cn[nH]c3n2)cc1F)c1cc(Cl)ccc1F. The van der Waals surface area contributed by atoms with E-state index < -0.39 is 26.6 Å². The molecule has 0 saturated heterocycles. The van der Waals surface area contributed by atoms with E-state index in [4.69, 9.17) is 11.6 Å². The smallest absolute Gasteiger partial charge is 0.264 e. The molecular formula is C20H14ClF2N5O2S. The summed E-state index contributed by atoms with van der Waals surface area (Å²) in [7, 11) is -4.39. The highest BCUT2D eigenvalue weighted by Crippen LogP contribution is 2.42. The second-order valence-electron chi connectivity index (χ2n) is 7.21. The summed E-state index contributed by atoms with van der Waals surface area (Å²) in [6.45, 7) is 0. The van der Waals surface area contributed by atoms with Crippen LogP contribution < -0.4 is 4.72 Å². The predicted molar refractivity (Wildman–Crippen MR) is 111 cm³/mol. The number of aromatic amines is 1. The number of anilines is 1. The number of fused-ring (bicyclic) bond motifs is 1. The molecule has 0 amide bonds. The Kier molecular flexibility index (Phi) is 4.63. The molecular weight excluding hydrogens is 448 g/mol. The van der Waals surface area contributed by atoms with Gasteiger partial charge in [0.2, 0.25) is 0 Å². The number of aromatic nitrogens is 4. The first-order chi connectivity index (χ1) is 14.8. The van der Waals surface area contributed by atoms with E-state index in [0.717, 1.165) is 42.1 Å². The maximum absolute atomic E-state index is 14.8. The average molecular weight is 462 g/mol. The van der Waals surface area contributed by atoms with Crippen molar-refractivity contribution in [1.29, 1.82) is 0 Å². The molecule has 5 rings (SSSR count). The number of hydrogen-bond donors (Lipinski definition) is 2. The van der Waals surface area contributed by atoms with Crippen LogP contribution in [0.3, 0.4) is 0 Å². The molecule has 1 fully saturated rings. The summed E-state index contributed by atoms with van der Waals surface area (Å²) in [6, 6.07) is 6.96. The van der Waals surface area contributed by atoms with Crippen LogP contribution in [0, 0.1) is 11.6 Å². The molecule has 2 aromatic carbocycles. The molecule has 4 aromatic rings. The lowest BCUT2D eigenvalue weighted by Crippen LogP contribution is -2.15. The van der Waals surface area contributed by atoms with Crippen molar-refractivity contribution in [2.45, 2.75) is 23.7 Å². The Hall–Kier alpha value is -3.11. The van der Waals surface area contributed by atoms with Gasteiger partial charge in [0.1, 0.15) is 16.5 Å². The number of hydrogen-bond acceptors (Lipinski definition) is 5. The summed E-state index contributed by atoms with van der Waals surface area (Å²) in [5.41, 5.74) is 1.44. The molecule has 2 aromatic heterocycles. The Morgan fingerprint density at radius 3 is 2.61 bits per heavy atom. The molecule has 1 aliphatic carbocycles. The molecule has 0 radical (unpaired) electrons. The zero-order valence-corrected chi connectivity index (χ0v) is 17.3. The number of rotatable bonds is 5. The van der Waals surface area contributed by atoms with E-state index in [0.29, 0.717) is 23.0 Å². The third-order valence-electron chi connectivity index (χ3n) is 4.96. The number of halogens is 3. The topological polar surface area (TPSA) is 101 Å². The van der Waals surface area contributed by atoms with Crippen LogP contribution in [0.15, 0.2) is 47.5 Å².